The van der Waals surface area contributed by atoms with Crippen LogP contribution >= 0.6 is 31.9 Å². The fourth-order valence-electron chi connectivity index (χ4n) is 2.65. The molecule has 0 aliphatic carbocycles. The SMILES string of the molecule is CCOc1cc(/C=N\n2cnnc2)cc(Br)c1OCC(=O)Nc1cc(C)c(C)cc1Br. The van der Waals surface area contributed by atoms with Crippen molar-refractivity contribution in [3.63, 3.8) is 0 Å². The first-order valence-corrected chi connectivity index (χ1v) is 11.0. The average molecular weight is 551 g/mol. The Labute approximate surface area is 196 Å². The molecular formula is C21H21Br2N5O3. The van der Waals surface area contributed by atoms with E-state index in [9.17, 15) is 4.79 Å². The number of rotatable bonds is 8. The first-order chi connectivity index (χ1) is 14.9. The summed E-state index contributed by atoms with van der Waals surface area (Å²) < 4.78 is 14.4. The third-order valence-corrected chi connectivity index (χ3v) is 5.53. The molecule has 0 radical (unpaired) electrons. The molecule has 0 saturated heterocycles. The maximum absolute atomic E-state index is 12.5. The number of hydrogen-bond acceptors (Lipinski definition) is 6. The van der Waals surface area contributed by atoms with Crippen LogP contribution in [-0.4, -0.2) is 40.2 Å². The minimum Gasteiger partial charge on any atom is -0.490 e. The molecule has 1 N–H and O–H groups in total. The summed E-state index contributed by atoms with van der Waals surface area (Å²) in [6.07, 6.45) is 4.61. The van der Waals surface area contributed by atoms with Crippen LogP contribution in [0, 0.1) is 13.8 Å². The van der Waals surface area contributed by atoms with Crippen molar-refractivity contribution in [1.29, 1.82) is 0 Å². The van der Waals surface area contributed by atoms with Crippen LogP contribution in [0.2, 0.25) is 0 Å². The highest BCUT2D eigenvalue weighted by molar-refractivity contribution is 9.11. The van der Waals surface area contributed by atoms with Crippen molar-refractivity contribution in [2.24, 2.45) is 5.10 Å². The van der Waals surface area contributed by atoms with Crippen molar-refractivity contribution < 1.29 is 14.3 Å². The highest BCUT2D eigenvalue weighted by Crippen LogP contribution is 2.36. The van der Waals surface area contributed by atoms with Gasteiger partial charge >= 0.3 is 0 Å². The number of amides is 1. The van der Waals surface area contributed by atoms with Gasteiger partial charge in [-0.1, -0.05) is 0 Å². The van der Waals surface area contributed by atoms with Gasteiger partial charge in [0, 0.05) is 4.47 Å². The predicted molar refractivity (Wildman–Crippen MR) is 126 cm³/mol. The highest BCUT2D eigenvalue weighted by atomic mass is 79.9. The van der Waals surface area contributed by atoms with E-state index in [0.717, 1.165) is 21.2 Å². The van der Waals surface area contributed by atoms with E-state index in [0.29, 0.717) is 28.3 Å². The highest BCUT2D eigenvalue weighted by Gasteiger charge is 2.15. The molecule has 1 amide bonds. The summed E-state index contributed by atoms with van der Waals surface area (Å²) in [5, 5.41) is 14.5. The molecule has 1 aromatic heterocycles. The maximum atomic E-state index is 12.5. The topological polar surface area (TPSA) is 90.6 Å². The van der Waals surface area contributed by atoms with E-state index >= 15 is 0 Å². The number of ether oxygens (including phenoxy) is 2. The Bertz CT molecular complexity index is 1100. The van der Waals surface area contributed by atoms with Gasteiger partial charge in [-0.2, -0.15) is 5.10 Å². The molecule has 0 spiro atoms. The van der Waals surface area contributed by atoms with E-state index in [1.54, 1.807) is 12.3 Å². The van der Waals surface area contributed by atoms with Crippen molar-refractivity contribution in [1.82, 2.24) is 14.9 Å². The molecule has 3 aromatic rings. The first-order valence-electron chi connectivity index (χ1n) is 9.42. The Morgan fingerprint density at radius 3 is 2.52 bits per heavy atom. The van der Waals surface area contributed by atoms with Crippen molar-refractivity contribution in [2.45, 2.75) is 20.8 Å². The molecule has 162 valence electrons. The number of halogens is 2. The van der Waals surface area contributed by atoms with E-state index in [2.05, 4.69) is 52.5 Å². The van der Waals surface area contributed by atoms with Crippen LogP contribution in [0.4, 0.5) is 5.69 Å². The van der Waals surface area contributed by atoms with Crippen LogP contribution < -0.4 is 14.8 Å². The summed E-state index contributed by atoms with van der Waals surface area (Å²) in [5.41, 5.74) is 3.70. The zero-order valence-electron chi connectivity index (χ0n) is 17.2. The normalized spacial score (nSPS) is 11.0. The van der Waals surface area contributed by atoms with Crippen LogP contribution in [0.1, 0.15) is 23.6 Å². The molecule has 0 unspecified atom stereocenters. The molecule has 10 heteroatoms. The first kappa shape index (κ1) is 23.0. The molecule has 0 aliphatic heterocycles. The van der Waals surface area contributed by atoms with E-state index in [1.807, 2.05) is 39.0 Å². The molecule has 0 fully saturated rings. The number of nitrogens with zero attached hydrogens (tertiary/aromatic N) is 4. The van der Waals surface area contributed by atoms with E-state index < -0.39 is 0 Å². The summed E-state index contributed by atoms with van der Waals surface area (Å²) >= 11 is 6.98. The number of carbonyl (C=O) groups excluding carboxylic acids is 1. The number of aromatic nitrogens is 3. The van der Waals surface area contributed by atoms with Crippen molar-refractivity contribution in [2.75, 3.05) is 18.5 Å². The minimum absolute atomic E-state index is 0.174. The Kier molecular flexibility index (Phi) is 7.80. The molecule has 2 aromatic carbocycles. The largest absolute Gasteiger partial charge is 0.490 e. The van der Waals surface area contributed by atoms with Crippen molar-refractivity contribution >= 4 is 49.7 Å². The molecule has 0 aliphatic rings. The molecule has 0 saturated carbocycles. The van der Waals surface area contributed by atoms with Crippen LogP contribution in [0.3, 0.4) is 0 Å². The number of anilines is 1. The zero-order valence-corrected chi connectivity index (χ0v) is 20.4. The molecule has 0 atom stereocenters. The Balaban J connectivity index is 1.73. The average Bonchev–Trinajstić information content (AvgIpc) is 3.24. The lowest BCUT2D eigenvalue weighted by atomic mass is 10.1. The molecule has 1 heterocycles. The summed E-state index contributed by atoms with van der Waals surface area (Å²) in [5.74, 6) is 0.663. The quantitative estimate of drug-likeness (QED) is 0.410. The maximum Gasteiger partial charge on any atom is 0.262 e. The minimum atomic E-state index is -0.281. The smallest absolute Gasteiger partial charge is 0.262 e. The fraction of sp³-hybridized carbons (Fsp3) is 0.238. The fourth-order valence-corrected chi connectivity index (χ4v) is 3.79. The zero-order chi connectivity index (χ0) is 22.4. The lowest BCUT2D eigenvalue weighted by Crippen LogP contribution is -2.21. The van der Waals surface area contributed by atoms with Gasteiger partial charge in [0.25, 0.3) is 5.91 Å². The summed E-state index contributed by atoms with van der Waals surface area (Å²) in [6.45, 7) is 6.15. The second-order valence-corrected chi connectivity index (χ2v) is 8.31. The van der Waals surface area contributed by atoms with Gasteiger partial charge in [-0.3, -0.25) is 4.79 Å². The van der Waals surface area contributed by atoms with Gasteiger partial charge in [0.1, 0.15) is 12.7 Å². The van der Waals surface area contributed by atoms with Gasteiger partial charge in [0.05, 0.1) is 23.0 Å². The van der Waals surface area contributed by atoms with Crippen LogP contribution in [0.5, 0.6) is 11.5 Å². The summed E-state index contributed by atoms with van der Waals surface area (Å²) in [4.78, 5) is 12.5. The Hall–Kier alpha value is -2.72. The number of nitrogens with one attached hydrogen (secondary N) is 1. The van der Waals surface area contributed by atoms with E-state index in [-0.39, 0.29) is 12.5 Å². The van der Waals surface area contributed by atoms with Crippen molar-refractivity contribution in [3.05, 3.63) is 62.6 Å². The molecule has 8 nitrogen and oxygen atoms in total. The van der Waals surface area contributed by atoms with E-state index in [1.165, 1.54) is 17.3 Å². The van der Waals surface area contributed by atoms with Gasteiger partial charge < -0.3 is 14.8 Å². The van der Waals surface area contributed by atoms with E-state index in [4.69, 9.17) is 9.47 Å². The van der Waals surface area contributed by atoms with Crippen LogP contribution in [-0.2, 0) is 4.79 Å². The lowest BCUT2D eigenvalue weighted by molar-refractivity contribution is -0.118. The molecule has 31 heavy (non-hydrogen) atoms. The second-order valence-electron chi connectivity index (χ2n) is 6.60. The number of aryl methyl sites for hydroxylation is 2. The molecule has 0 bridgehead atoms. The van der Waals surface area contributed by atoms with Gasteiger partial charge in [0.15, 0.2) is 18.1 Å². The predicted octanol–water partition coefficient (Wildman–Crippen LogP) is 4.72. The standard InChI is InChI=1S/C21H21Br2N5O3/c1-4-30-19-8-15(9-26-28-11-24-25-12-28)7-17(23)21(19)31-10-20(29)27-18-6-14(3)13(2)5-16(18)22/h5-9,11-12H,4,10H2,1-3H3,(H,27,29)/b26-9-. The van der Waals surface area contributed by atoms with Crippen LogP contribution in [0.15, 0.2) is 51.0 Å². The van der Waals surface area contributed by atoms with Gasteiger partial charge in [-0.15, -0.1) is 10.2 Å². The second kappa shape index (κ2) is 10.5. The third kappa shape index (κ3) is 6.14. The van der Waals surface area contributed by atoms with Gasteiger partial charge in [-0.25, -0.2) is 4.68 Å². The Morgan fingerprint density at radius 1 is 1.10 bits per heavy atom. The molecular weight excluding hydrogens is 530 g/mol. The van der Waals surface area contributed by atoms with Crippen LogP contribution in [0.25, 0.3) is 0 Å². The third-order valence-electron chi connectivity index (χ3n) is 4.28. The monoisotopic (exact) mass is 549 g/mol. The van der Waals surface area contributed by atoms with Gasteiger partial charge in [-0.05, 0) is 93.6 Å². The summed E-state index contributed by atoms with van der Waals surface area (Å²) in [6, 6.07) is 7.50. The Morgan fingerprint density at radius 2 is 1.81 bits per heavy atom. The van der Waals surface area contributed by atoms with Gasteiger partial charge in [0.2, 0.25) is 0 Å². The number of hydrogen-bond donors (Lipinski definition) is 1. The molecule has 3 rings (SSSR count). The summed E-state index contributed by atoms with van der Waals surface area (Å²) in [7, 11) is 0. The lowest BCUT2D eigenvalue weighted by Gasteiger charge is -2.15. The number of carbonyl (C=O) groups is 1. The van der Waals surface area contributed by atoms with Crippen molar-refractivity contribution in [3.8, 4) is 11.5 Å². The number of benzene rings is 2.